The number of benzene rings is 1. The highest BCUT2D eigenvalue weighted by Gasteiger charge is 2.34. The lowest BCUT2D eigenvalue weighted by Crippen LogP contribution is -2.04. The van der Waals surface area contributed by atoms with E-state index in [1.54, 1.807) is 0 Å². The van der Waals surface area contributed by atoms with E-state index in [9.17, 15) is 18.0 Å². The molecule has 2 aromatic rings. The van der Waals surface area contributed by atoms with E-state index in [1.165, 1.54) is 18.2 Å². The zero-order valence-electron chi connectivity index (χ0n) is 7.34. The molecule has 0 aliphatic rings. The maximum atomic E-state index is 12.5. The molecule has 0 unspecified atom stereocenters. The van der Waals surface area contributed by atoms with E-state index < -0.39 is 11.7 Å². The Morgan fingerprint density at radius 3 is 2.60 bits per heavy atom. The average Bonchev–Trinajstić information content (AvgIpc) is 2.57. The molecular formula is C10H5F3O2. The van der Waals surface area contributed by atoms with Crippen LogP contribution in [0.15, 0.2) is 28.7 Å². The van der Waals surface area contributed by atoms with Gasteiger partial charge in [-0.15, -0.1) is 0 Å². The van der Waals surface area contributed by atoms with E-state index in [1.807, 2.05) is 0 Å². The molecule has 1 aromatic heterocycles. The first kappa shape index (κ1) is 9.76. The van der Waals surface area contributed by atoms with Crippen molar-refractivity contribution in [2.75, 3.05) is 0 Å². The lowest BCUT2D eigenvalue weighted by molar-refractivity contribution is -0.136. The second kappa shape index (κ2) is 3.12. The molecule has 2 nitrogen and oxygen atoms in total. The molecule has 0 radical (unpaired) electrons. The van der Waals surface area contributed by atoms with E-state index in [0.717, 1.165) is 6.07 Å². The number of hydrogen-bond donors (Lipinski definition) is 0. The van der Waals surface area contributed by atoms with Gasteiger partial charge in [0, 0.05) is 5.39 Å². The molecule has 0 amide bonds. The van der Waals surface area contributed by atoms with Crippen LogP contribution in [0.25, 0.3) is 11.0 Å². The average molecular weight is 214 g/mol. The lowest BCUT2D eigenvalue weighted by atomic mass is 10.1. The van der Waals surface area contributed by atoms with Crippen molar-refractivity contribution in [2.24, 2.45) is 0 Å². The molecule has 0 fully saturated rings. The molecule has 78 valence electrons. The maximum Gasteiger partial charge on any atom is 0.420 e. The molecule has 0 N–H and O–H groups in total. The highest BCUT2D eigenvalue weighted by molar-refractivity contribution is 5.87. The molecule has 1 heterocycles. The van der Waals surface area contributed by atoms with Crippen LogP contribution in [0.2, 0.25) is 0 Å². The maximum absolute atomic E-state index is 12.5. The van der Waals surface area contributed by atoms with Crippen LogP contribution in [0.1, 0.15) is 16.1 Å². The van der Waals surface area contributed by atoms with Gasteiger partial charge in [-0.3, -0.25) is 4.79 Å². The summed E-state index contributed by atoms with van der Waals surface area (Å²) in [5.41, 5.74) is -1.17. The highest BCUT2D eigenvalue weighted by atomic mass is 19.4. The van der Waals surface area contributed by atoms with Crippen molar-refractivity contribution < 1.29 is 22.4 Å². The number of alkyl halides is 3. The van der Waals surface area contributed by atoms with Crippen molar-refractivity contribution in [1.82, 2.24) is 0 Å². The van der Waals surface area contributed by atoms with E-state index in [0.29, 0.717) is 6.29 Å². The first-order valence-corrected chi connectivity index (χ1v) is 4.07. The fraction of sp³-hybridized carbons (Fsp3) is 0.100. The molecule has 15 heavy (non-hydrogen) atoms. The number of furan rings is 1. The Kier molecular flexibility index (Phi) is 2.03. The Hall–Kier alpha value is -1.78. The summed E-state index contributed by atoms with van der Waals surface area (Å²) in [5, 5.41) is 0.270. The van der Waals surface area contributed by atoms with Gasteiger partial charge in [-0.1, -0.05) is 12.1 Å². The molecule has 0 aliphatic carbocycles. The van der Waals surface area contributed by atoms with Crippen molar-refractivity contribution in [3.8, 4) is 0 Å². The Morgan fingerprint density at radius 2 is 2.00 bits per heavy atom. The number of fused-ring (bicyclic) bond motifs is 1. The van der Waals surface area contributed by atoms with E-state index in [-0.39, 0.29) is 16.7 Å². The Balaban J connectivity index is 2.75. The molecule has 0 saturated carbocycles. The summed E-state index contributed by atoms with van der Waals surface area (Å²) in [5.74, 6) is -0.110. The van der Waals surface area contributed by atoms with Crippen molar-refractivity contribution in [2.45, 2.75) is 6.18 Å². The molecule has 2 rings (SSSR count). The number of para-hydroxylation sites is 1. The van der Waals surface area contributed by atoms with E-state index in [2.05, 4.69) is 0 Å². The second-order valence-corrected chi connectivity index (χ2v) is 2.99. The fourth-order valence-electron chi connectivity index (χ4n) is 1.36. The largest absolute Gasteiger partial charge is 0.453 e. The number of carbonyl (C=O) groups excluding carboxylic acids is 1. The Morgan fingerprint density at radius 1 is 1.27 bits per heavy atom. The third kappa shape index (κ3) is 1.60. The first-order chi connectivity index (χ1) is 7.02. The third-order valence-corrected chi connectivity index (χ3v) is 1.98. The molecule has 0 aliphatic heterocycles. The molecule has 0 spiro atoms. The van der Waals surface area contributed by atoms with Gasteiger partial charge in [-0.05, 0) is 12.1 Å². The smallest absolute Gasteiger partial charge is 0.420 e. The molecule has 1 aromatic carbocycles. The SMILES string of the molecule is O=Cc1cc2cccc(C(F)(F)F)c2o1. The summed E-state index contributed by atoms with van der Waals surface area (Å²) in [7, 11) is 0. The minimum Gasteiger partial charge on any atom is -0.453 e. The molecule has 5 heteroatoms. The van der Waals surface area contributed by atoms with Crippen LogP contribution in [0.3, 0.4) is 0 Å². The molecule has 0 atom stereocenters. The van der Waals surface area contributed by atoms with Crippen LogP contribution >= 0.6 is 0 Å². The van der Waals surface area contributed by atoms with Gasteiger partial charge >= 0.3 is 6.18 Å². The number of halogens is 3. The normalized spacial score (nSPS) is 11.9. The number of rotatable bonds is 1. The minimum atomic E-state index is -4.47. The van der Waals surface area contributed by atoms with Gasteiger partial charge in [0.05, 0.1) is 5.56 Å². The van der Waals surface area contributed by atoms with Crippen LogP contribution in [0, 0.1) is 0 Å². The van der Waals surface area contributed by atoms with Gasteiger partial charge in [0.25, 0.3) is 0 Å². The summed E-state index contributed by atoms with van der Waals surface area (Å²) in [6.45, 7) is 0. The summed E-state index contributed by atoms with van der Waals surface area (Å²) in [6, 6.07) is 4.92. The summed E-state index contributed by atoms with van der Waals surface area (Å²) in [6.07, 6.45) is -4.10. The van der Waals surface area contributed by atoms with Crippen LogP contribution in [-0.4, -0.2) is 6.29 Å². The van der Waals surface area contributed by atoms with Crippen molar-refractivity contribution in [3.05, 3.63) is 35.6 Å². The Labute approximate surface area is 82.3 Å². The minimum absolute atomic E-state index is 0.110. The Bertz CT molecular complexity index is 511. The highest BCUT2D eigenvalue weighted by Crippen LogP contribution is 2.35. The summed E-state index contributed by atoms with van der Waals surface area (Å²) >= 11 is 0. The van der Waals surface area contributed by atoms with E-state index >= 15 is 0 Å². The quantitative estimate of drug-likeness (QED) is 0.682. The molecule has 0 saturated heterocycles. The fourth-order valence-corrected chi connectivity index (χ4v) is 1.36. The summed E-state index contributed by atoms with van der Waals surface area (Å²) < 4.78 is 42.2. The van der Waals surface area contributed by atoms with E-state index in [4.69, 9.17) is 4.42 Å². The van der Waals surface area contributed by atoms with Crippen LogP contribution in [0.4, 0.5) is 13.2 Å². The third-order valence-electron chi connectivity index (χ3n) is 1.98. The molecule has 0 bridgehead atoms. The van der Waals surface area contributed by atoms with Gasteiger partial charge in [0.1, 0.15) is 5.58 Å². The van der Waals surface area contributed by atoms with Crippen LogP contribution in [0.5, 0.6) is 0 Å². The van der Waals surface area contributed by atoms with Gasteiger partial charge in [0.15, 0.2) is 12.0 Å². The van der Waals surface area contributed by atoms with Crippen molar-refractivity contribution in [1.29, 1.82) is 0 Å². The van der Waals surface area contributed by atoms with Gasteiger partial charge in [-0.2, -0.15) is 13.2 Å². The topological polar surface area (TPSA) is 30.2 Å². The zero-order valence-corrected chi connectivity index (χ0v) is 7.34. The van der Waals surface area contributed by atoms with Gasteiger partial charge < -0.3 is 4.42 Å². The predicted octanol–water partition coefficient (Wildman–Crippen LogP) is 3.26. The lowest BCUT2D eigenvalue weighted by Gasteiger charge is -2.05. The summed E-state index contributed by atoms with van der Waals surface area (Å²) in [4.78, 5) is 10.4. The standard InChI is InChI=1S/C10H5F3O2/c11-10(12,13)8-3-1-2-6-4-7(5-14)15-9(6)8/h1-5H. The van der Waals surface area contributed by atoms with Gasteiger partial charge in [0.2, 0.25) is 0 Å². The number of aldehydes is 1. The number of hydrogen-bond acceptors (Lipinski definition) is 2. The zero-order chi connectivity index (χ0) is 11.1. The van der Waals surface area contributed by atoms with Crippen molar-refractivity contribution >= 4 is 17.3 Å². The van der Waals surface area contributed by atoms with Crippen LogP contribution in [-0.2, 0) is 6.18 Å². The first-order valence-electron chi connectivity index (χ1n) is 4.07. The van der Waals surface area contributed by atoms with Crippen LogP contribution < -0.4 is 0 Å². The van der Waals surface area contributed by atoms with Crippen molar-refractivity contribution in [3.63, 3.8) is 0 Å². The second-order valence-electron chi connectivity index (χ2n) is 2.99. The monoisotopic (exact) mass is 214 g/mol. The van der Waals surface area contributed by atoms with Gasteiger partial charge in [-0.25, -0.2) is 0 Å². The molecular weight excluding hydrogens is 209 g/mol. The predicted molar refractivity (Wildman–Crippen MR) is 46.6 cm³/mol. The number of carbonyl (C=O) groups is 1.